The van der Waals surface area contributed by atoms with E-state index in [1.54, 1.807) is 18.5 Å². The second kappa shape index (κ2) is 7.62. The molecule has 0 saturated heterocycles. The summed E-state index contributed by atoms with van der Waals surface area (Å²) in [5.41, 5.74) is 5.44. The van der Waals surface area contributed by atoms with Crippen LogP contribution < -0.4 is 10.6 Å². The number of benzene rings is 2. The third-order valence-electron chi connectivity index (χ3n) is 3.93. The summed E-state index contributed by atoms with van der Waals surface area (Å²) in [7, 11) is 0. The van der Waals surface area contributed by atoms with E-state index < -0.39 is 0 Å². The van der Waals surface area contributed by atoms with E-state index in [1.165, 1.54) is 11.1 Å². The van der Waals surface area contributed by atoms with Gasteiger partial charge in [0.2, 0.25) is 0 Å². The number of aromatic nitrogens is 1. The molecule has 4 nitrogen and oxygen atoms in total. The lowest BCUT2D eigenvalue weighted by Crippen LogP contribution is -2.12. The number of rotatable bonds is 5. The molecule has 3 aromatic rings. The quantitative estimate of drug-likeness (QED) is 0.695. The Kier molecular flexibility index (Phi) is 5.09. The zero-order valence-electron chi connectivity index (χ0n) is 14.4. The van der Waals surface area contributed by atoms with E-state index in [-0.39, 0.29) is 5.91 Å². The Morgan fingerprint density at radius 3 is 2.48 bits per heavy atom. The van der Waals surface area contributed by atoms with Crippen LogP contribution in [0.2, 0.25) is 0 Å². The molecule has 2 N–H and O–H groups in total. The predicted octanol–water partition coefficient (Wildman–Crippen LogP) is 4.95. The van der Waals surface area contributed by atoms with Crippen LogP contribution in [0.1, 0.15) is 28.4 Å². The topological polar surface area (TPSA) is 54.0 Å². The first-order chi connectivity index (χ1) is 12.1. The maximum absolute atomic E-state index is 12.4. The number of hydrogen-bond donors (Lipinski definition) is 2. The molecule has 0 radical (unpaired) electrons. The summed E-state index contributed by atoms with van der Waals surface area (Å²) in [6.45, 7) is 4.14. The average molecular weight is 331 g/mol. The predicted molar refractivity (Wildman–Crippen MR) is 102 cm³/mol. The zero-order chi connectivity index (χ0) is 17.6. The molecule has 0 aliphatic rings. The molecule has 3 rings (SSSR count). The first-order valence-electron chi connectivity index (χ1n) is 8.33. The van der Waals surface area contributed by atoms with Crippen LogP contribution in [0.25, 0.3) is 0 Å². The van der Waals surface area contributed by atoms with Gasteiger partial charge in [-0.2, -0.15) is 0 Å². The molecule has 1 heterocycles. The molecule has 0 spiro atoms. The summed E-state index contributed by atoms with van der Waals surface area (Å²) in [5.74, 6) is -0.176. The number of hydrogen-bond acceptors (Lipinski definition) is 3. The lowest BCUT2D eigenvalue weighted by atomic mass is 10.1. The van der Waals surface area contributed by atoms with Gasteiger partial charge in [-0.3, -0.25) is 9.78 Å². The van der Waals surface area contributed by atoms with E-state index in [9.17, 15) is 4.79 Å². The van der Waals surface area contributed by atoms with E-state index in [0.29, 0.717) is 5.56 Å². The van der Waals surface area contributed by atoms with Gasteiger partial charge in [0.05, 0.1) is 17.4 Å². The average Bonchev–Trinajstić information content (AvgIpc) is 2.62. The summed E-state index contributed by atoms with van der Waals surface area (Å²) in [6.07, 6.45) is 4.25. The first-order valence-corrected chi connectivity index (χ1v) is 8.33. The second-order valence-electron chi connectivity index (χ2n) is 5.96. The van der Waals surface area contributed by atoms with Crippen LogP contribution in [0.5, 0.6) is 0 Å². The Morgan fingerprint density at radius 2 is 1.76 bits per heavy atom. The summed E-state index contributed by atoms with van der Waals surface area (Å²) in [5, 5.41) is 6.18. The maximum atomic E-state index is 12.4. The van der Waals surface area contributed by atoms with Crippen molar-refractivity contribution in [3.05, 3.63) is 83.7 Å². The van der Waals surface area contributed by atoms with E-state index in [4.69, 9.17) is 0 Å². The molecule has 0 saturated carbocycles. The summed E-state index contributed by atoms with van der Waals surface area (Å²) >= 11 is 0. The van der Waals surface area contributed by atoms with E-state index in [1.807, 2.05) is 55.5 Å². The molecule has 0 bridgehead atoms. The number of pyridine rings is 1. The smallest absolute Gasteiger partial charge is 0.257 e. The minimum atomic E-state index is -0.176. The number of anilines is 3. The van der Waals surface area contributed by atoms with Crippen LogP contribution in [0, 0.1) is 6.92 Å². The van der Waals surface area contributed by atoms with Gasteiger partial charge in [0.25, 0.3) is 5.91 Å². The molecule has 0 fully saturated rings. The van der Waals surface area contributed by atoms with E-state index in [2.05, 4.69) is 22.5 Å². The van der Waals surface area contributed by atoms with Crippen LogP contribution in [-0.2, 0) is 6.42 Å². The molecule has 0 aliphatic heterocycles. The van der Waals surface area contributed by atoms with Gasteiger partial charge in [-0.05, 0) is 54.8 Å². The third-order valence-corrected chi connectivity index (χ3v) is 3.93. The zero-order valence-corrected chi connectivity index (χ0v) is 14.4. The Balaban J connectivity index is 1.72. The molecular weight excluding hydrogens is 310 g/mol. The van der Waals surface area contributed by atoms with Crippen molar-refractivity contribution < 1.29 is 4.79 Å². The van der Waals surface area contributed by atoms with Crippen LogP contribution in [0.4, 0.5) is 17.1 Å². The van der Waals surface area contributed by atoms with Gasteiger partial charge >= 0.3 is 0 Å². The largest absolute Gasteiger partial charge is 0.354 e. The molecule has 2 aromatic carbocycles. The highest BCUT2D eigenvalue weighted by atomic mass is 16.1. The van der Waals surface area contributed by atoms with Gasteiger partial charge in [-0.1, -0.05) is 31.2 Å². The van der Waals surface area contributed by atoms with Gasteiger partial charge < -0.3 is 10.6 Å². The van der Waals surface area contributed by atoms with Crippen LogP contribution in [-0.4, -0.2) is 10.9 Å². The minimum Gasteiger partial charge on any atom is -0.354 e. The standard InChI is InChI=1S/C21H21N3O/c1-3-16-7-9-18(10-8-16)24-21(25)17-12-20(14-22-13-17)23-19-6-4-5-15(2)11-19/h4-14,23H,3H2,1-2H3,(H,24,25). The monoisotopic (exact) mass is 331 g/mol. The minimum absolute atomic E-state index is 0.176. The number of carbonyl (C=O) groups is 1. The van der Waals surface area contributed by atoms with Crippen molar-refractivity contribution >= 4 is 23.0 Å². The van der Waals surface area contributed by atoms with E-state index in [0.717, 1.165) is 23.5 Å². The number of nitrogens with zero attached hydrogens (tertiary/aromatic N) is 1. The van der Waals surface area contributed by atoms with Crippen LogP contribution >= 0.6 is 0 Å². The summed E-state index contributed by atoms with van der Waals surface area (Å²) < 4.78 is 0. The van der Waals surface area contributed by atoms with Gasteiger partial charge in [-0.15, -0.1) is 0 Å². The van der Waals surface area contributed by atoms with Gasteiger partial charge in [0, 0.05) is 17.6 Å². The molecule has 4 heteroatoms. The highest BCUT2D eigenvalue weighted by Crippen LogP contribution is 2.18. The summed E-state index contributed by atoms with van der Waals surface area (Å²) in [4.78, 5) is 16.6. The molecule has 126 valence electrons. The van der Waals surface area contributed by atoms with Crippen molar-refractivity contribution in [2.75, 3.05) is 10.6 Å². The van der Waals surface area contributed by atoms with Gasteiger partial charge in [0.1, 0.15) is 0 Å². The molecule has 25 heavy (non-hydrogen) atoms. The van der Waals surface area contributed by atoms with Crippen molar-refractivity contribution in [3.63, 3.8) is 0 Å². The van der Waals surface area contributed by atoms with Gasteiger partial charge in [0.15, 0.2) is 0 Å². The SMILES string of the molecule is CCc1ccc(NC(=O)c2cncc(Nc3cccc(C)c3)c2)cc1. The second-order valence-corrected chi connectivity index (χ2v) is 5.96. The lowest BCUT2D eigenvalue weighted by molar-refractivity contribution is 0.102. The third kappa shape index (κ3) is 4.44. The van der Waals surface area contributed by atoms with Crippen molar-refractivity contribution in [1.29, 1.82) is 0 Å². The Hall–Kier alpha value is -3.14. The number of amides is 1. The number of nitrogens with one attached hydrogen (secondary N) is 2. The first kappa shape index (κ1) is 16.7. The fourth-order valence-electron chi connectivity index (χ4n) is 2.55. The van der Waals surface area contributed by atoms with E-state index >= 15 is 0 Å². The maximum Gasteiger partial charge on any atom is 0.257 e. The Bertz CT molecular complexity index is 872. The highest BCUT2D eigenvalue weighted by Gasteiger charge is 2.08. The molecule has 1 amide bonds. The summed E-state index contributed by atoms with van der Waals surface area (Å²) in [6, 6.07) is 17.7. The molecule has 1 aromatic heterocycles. The molecular formula is C21H21N3O. The fraction of sp³-hybridized carbons (Fsp3) is 0.143. The van der Waals surface area contributed by atoms with Crippen LogP contribution in [0.15, 0.2) is 67.0 Å². The van der Waals surface area contributed by atoms with Crippen molar-refractivity contribution in [2.45, 2.75) is 20.3 Å². The molecule has 0 atom stereocenters. The van der Waals surface area contributed by atoms with Crippen LogP contribution in [0.3, 0.4) is 0 Å². The van der Waals surface area contributed by atoms with Crippen molar-refractivity contribution in [3.8, 4) is 0 Å². The molecule has 0 unspecified atom stereocenters. The highest BCUT2D eigenvalue weighted by molar-refractivity contribution is 6.04. The Labute approximate surface area is 147 Å². The van der Waals surface area contributed by atoms with Crippen molar-refractivity contribution in [1.82, 2.24) is 4.98 Å². The molecule has 0 aliphatic carbocycles. The normalized spacial score (nSPS) is 10.3. The lowest BCUT2D eigenvalue weighted by Gasteiger charge is -2.09. The number of carbonyl (C=O) groups excluding carboxylic acids is 1. The van der Waals surface area contributed by atoms with Crippen molar-refractivity contribution in [2.24, 2.45) is 0 Å². The van der Waals surface area contributed by atoms with Gasteiger partial charge in [-0.25, -0.2) is 0 Å². The fourth-order valence-corrected chi connectivity index (χ4v) is 2.55. The number of aryl methyl sites for hydroxylation is 2. The Morgan fingerprint density at radius 1 is 0.960 bits per heavy atom.